The predicted molar refractivity (Wildman–Crippen MR) is 81.1 cm³/mol. The summed E-state index contributed by atoms with van der Waals surface area (Å²) < 4.78 is 26.7. The lowest BCUT2D eigenvalue weighted by atomic mass is 9.87. The molecule has 1 aromatic carbocycles. The van der Waals surface area contributed by atoms with Crippen molar-refractivity contribution in [1.82, 2.24) is 10.6 Å². The molecule has 116 valence electrons. The van der Waals surface area contributed by atoms with Gasteiger partial charge in [-0.2, -0.15) is 0 Å². The van der Waals surface area contributed by atoms with Crippen molar-refractivity contribution in [3.63, 3.8) is 0 Å². The van der Waals surface area contributed by atoms with E-state index in [-0.39, 0.29) is 6.54 Å². The third-order valence-corrected chi connectivity index (χ3v) is 4.03. The SMILES string of the molecule is CN=C(NCc1cc(F)ccc1F)NC1CCC(C)CC1. The van der Waals surface area contributed by atoms with Crippen molar-refractivity contribution in [3.05, 3.63) is 35.4 Å². The lowest BCUT2D eigenvalue weighted by Gasteiger charge is -2.28. The lowest BCUT2D eigenvalue weighted by molar-refractivity contribution is 0.329. The Hall–Kier alpha value is -1.65. The molecule has 5 heteroatoms. The van der Waals surface area contributed by atoms with Gasteiger partial charge in [0.15, 0.2) is 5.96 Å². The zero-order valence-corrected chi connectivity index (χ0v) is 12.6. The molecule has 0 aromatic heterocycles. The number of nitrogens with zero attached hydrogens (tertiary/aromatic N) is 1. The molecule has 0 amide bonds. The Bertz CT molecular complexity index is 494. The fraction of sp³-hybridized carbons (Fsp3) is 0.562. The number of rotatable bonds is 3. The molecule has 1 aromatic rings. The Labute approximate surface area is 124 Å². The Kier molecular flexibility index (Phi) is 5.53. The summed E-state index contributed by atoms with van der Waals surface area (Å²) in [5.41, 5.74) is 0.301. The molecule has 3 nitrogen and oxygen atoms in total. The minimum Gasteiger partial charge on any atom is -0.354 e. The average Bonchev–Trinajstić information content (AvgIpc) is 2.48. The molecule has 0 unspecified atom stereocenters. The first-order valence-corrected chi connectivity index (χ1v) is 7.49. The smallest absolute Gasteiger partial charge is 0.191 e. The molecule has 0 saturated heterocycles. The van der Waals surface area contributed by atoms with Crippen molar-refractivity contribution in [2.45, 2.75) is 45.2 Å². The van der Waals surface area contributed by atoms with Crippen molar-refractivity contribution in [3.8, 4) is 0 Å². The van der Waals surface area contributed by atoms with E-state index >= 15 is 0 Å². The van der Waals surface area contributed by atoms with E-state index in [4.69, 9.17) is 0 Å². The highest BCUT2D eigenvalue weighted by atomic mass is 19.1. The first-order chi connectivity index (χ1) is 10.1. The molecule has 0 bridgehead atoms. The van der Waals surface area contributed by atoms with E-state index in [1.54, 1.807) is 7.05 Å². The fourth-order valence-corrected chi connectivity index (χ4v) is 2.65. The second-order valence-electron chi connectivity index (χ2n) is 5.76. The number of benzene rings is 1. The minimum absolute atomic E-state index is 0.215. The number of aliphatic imine (C=N–C) groups is 1. The summed E-state index contributed by atoms with van der Waals surface area (Å²) in [6.07, 6.45) is 4.67. The largest absolute Gasteiger partial charge is 0.354 e. The average molecular weight is 295 g/mol. The molecule has 2 N–H and O–H groups in total. The van der Waals surface area contributed by atoms with Crippen LogP contribution in [-0.2, 0) is 6.54 Å². The van der Waals surface area contributed by atoms with Gasteiger partial charge in [0.1, 0.15) is 11.6 Å². The van der Waals surface area contributed by atoms with Gasteiger partial charge in [-0.25, -0.2) is 8.78 Å². The van der Waals surface area contributed by atoms with Crippen LogP contribution < -0.4 is 10.6 Å². The monoisotopic (exact) mass is 295 g/mol. The van der Waals surface area contributed by atoms with Gasteiger partial charge < -0.3 is 10.6 Å². The van der Waals surface area contributed by atoms with Crippen LogP contribution in [0.2, 0.25) is 0 Å². The summed E-state index contributed by atoms with van der Waals surface area (Å²) in [5.74, 6) is 0.584. The van der Waals surface area contributed by atoms with E-state index < -0.39 is 11.6 Å². The fourth-order valence-electron chi connectivity index (χ4n) is 2.65. The van der Waals surface area contributed by atoms with Crippen LogP contribution in [0.15, 0.2) is 23.2 Å². The van der Waals surface area contributed by atoms with E-state index in [0.717, 1.165) is 30.9 Å². The Morgan fingerprint density at radius 3 is 2.62 bits per heavy atom. The first-order valence-electron chi connectivity index (χ1n) is 7.49. The topological polar surface area (TPSA) is 36.4 Å². The van der Waals surface area contributed by atoms with Gasteiger partial charge in [0.2, 0.25) is 0 Å². The zero-order chi connectivity index (χ0) is 15.2. The third-order valence-electron chi connectivity index (χ3n) is 4.03. The van der Waals surface area contributed by atoms with Gasteiger partial charge >= 0.3 is 0 Å². The van der Waals surface area contributed by atoms with Gasteiger partial charge in [-0.05, 0) is 49.8 Å². The van der Waals surface area contributed by atoms with E-state index in [1.807, 2.05) is 0 Å². The maximum absolute atomic E-state index is 13.6. The van der Waals surface area contributed by atoms with Crippen molar-refractivity contribution in [2.75, 3.05) is 7.05 Å². The summed E-state index contributed by atoms with van der Waals surface area (Å²) in [6.45, 7) is 2.49. The molecule has 0 heterocycles. The highest BCUT2D eigenvalue weighted by molar-refractivity contribution is 5.79. The van der Waals surface area contributed by atoms with E-state index in [2.05, 4.69) is 22.5 Å². The number of nitrogens with one attached hydrogen (secondary N) is 2. The Balaban J connectivity index is 1.87. The van der Waals surface area contributed by atoms with Crippen LogP contribution in [0.3, 0.4) is 0 Å². The summed E-state index contributed by atoms with van der Waals surface area (Å²) >= 11 is 0. The number of hydrogen-bond acceptors (Lipinski definition) is 1. The number of hydrogen-bond donors (Lipinski definition) is 2. The van der Waals surface area contributed by atoms with E-state index in [1.165, 1.54) is 18.9 Å². The minimum atomic E-state index is -0.433. The van der Waals surface area contributed by atoms with Gasteiger partial charge in [-0.15, -0.1) is 0 Å². The van der Waals surface area contributed by atoms with E-state index in [9.17, 15) is 8.78 Å². The van der Waals surface area contributed by atoms with Crippen LogP contribution in [0.1, 0.15) is 38.2 Å². The van der Waals surface area contributed by atoms with Crippen LogP contribution in [0.25, 0.3) is 0 Å². The molecule has 1 aliphatic carbocycles. The molecule has 0 spiro atoms. The normalized spacial score (nSPS) is 23.0. The third kappa shape index (κ3) is 4.69. The van der Waals surface area contributed by atoms with Gasteiger partial charge in [0.25, 0.3) is 0 Å². The quantitative estimate of drug-likeness (QED) is 0.663. The van der Waals surface area contributed by atoms with Crippen molar-refractivity contribution in [2.24, 2.45) is 10.9 Å². The van der Waals surface area contributed by atoms with Crippen molar-refractivity contribution < 1.29 is 8.78 Å². The zero-order valence-electron chi connectivity index (χ0n) is 12.6. The van der Waals surface area contributed by atoms with Gasteiger partial charge in [-0.1, -0.05) is 6.92 Å². The van der Waals surface area contributed by atoms with Crippen LogP contribution in [0, 0.1) is 17.6 Å². The second-order valence-corrected chi connectivity index (χ2v) is 5.76. The highest BCUT2D eigenvalue weighted by Crippen LogP contribution is 2.23. The summed E-state index contributed by atoms with van der Waals surface area (Å²) in [4.78, 5) is 4.15. The maximum Gasteiger partial charge on any atom is 0.191 e. The summed E-state index contributed by atoms with van der Waals surface area (Å²) in [7, 11) is 1.68. The van der Waals surface area contributed by atoms with Crippen LogP contribution in [0.5, 0.6) is 0 Å². The molecular weight excluding hydrogens is 272 g/mol. The Morgan fingerprint density at radius 2 is 1.95 bits per heavy atom. The molecule has 2 rings (SSSR count). The Morgan fingerprint density at radius 1 is 1.24 bits per heavy atom. The van der Waals surface area contributed by atoms with Gasteiger partial charge in [0, 0.05) is 25.2 Å². The molecular formula is C16H23F2N3. The lowest BCUT2D eigenvalue weighted by Crippen LogP contribution is -2.44. The van der Waals surface area contributed by atoms with Gasteiger partial charge in [-0.3, -0.25) is 4.99 Å². The molecule has 1 fully saturated rings. The molecule has 1 aliphatic rings. The van der Waals surface area contributed by atoms with Crippen molar-refractivity contribution >= 4 is 5.96 Å². The predicted octanol–water partition coefficient (Wildman–Crippen LogP) is 3.21. The van der Waals surface area contributed by atoms with Crippen molar-refractivity contribution in [1.29, 1.82) is 0 Å². The summed E-state index contributed by atoms with van der Waals surface area (Å²) in [5, 5.41) is 6.40. The van der Waals surface area contributed by atoms with Gasteiger partial charge in [0.05, 0.1) is 0 Å². The number of halogens is 2. The molecule has 1 saturated carbocycles. The van der Waals surface area contributed by atoms with E-state index in [0.29, 0.717) is 17.6 Å². The van der Waals surface area contributed by atoms with Crippen LogP contribution in [-0.4, -0.2) is 19.0 Å². The maximum atomic E-state index is 13.6. The standard InChI is InChI=1S/C16H23F2N3/c1-11-3-6-14(7-4-11)21-16(19-2)20-10-12-9-13(17)5-8-15(12)18/h5,8-9,11,14H,3-4,6-7,10H2,1-2H3,(H2,19,20,21). The molecule has 0 radical (unpaired) electrons. The first kappa shape index (κ1) is 15.7. The molecule has 0 atom stereocenters. The highest BCUT2D eigenvalue weighted by Gasteiger charge is 2.18. The second kappa shape index (κ2) is 7.38. The van der Waals surface area contributed by atoms with Crippen LogP contribution in [0.4, 0.5) is 8.78 Å². The number of guanidine groups is 1. The summed E-state index contributed by atoms with van der Waals surface area (Å²) in [6, 6.07) is 3.88. The molecule has 21 heavy (non-hydrogen) atoms. The molecule has 0 aliphatic heterocycles. The van der Waals surface area contributed by atoms with Crippen LogP contribution >= 0.6 is 0 Å².